The normalized spacial score (nSPS) is 14.1. The van der Waals surface area contributed by atoms with Gasteiger partial charge in [0.25, 0.3) is 0 Å². The van der Waals surface area contributed by atoms with Crippen LogP contribution in [0.25, 0.3) is 0 Å². The molecular formula is C19H23N7. The lowest BCUT2D eigenvalue weighted by molar-refractivity contribution is 0.268. The third-order valence-electron chi connectivity index (χ3n) is 4.61. The third kappa shape index (κ3) is 3.67. The molecule has 0 aliphatic carbocycles. The molecule has 7 heteroatoms. The highest BCUT2D eigenvalue weighted by molar-refractivity contribution is 5.60. The average Bonchev–Trinajstić information content (AvgIpc) is 3.06. The van der Waals surface area contributed by atoms with Gasteiger partial charge in [-0.3, -0.25) is 15.0 Å². The maximum Gasteiger partial charge on any atom is 0.153 e. The first-order chi connectivity index (χ1) is 12.7. The summed E-state index contributed by atoms with van der Waals surface area (Å²) in [6.45, 7) is 7.40. The van der Waals surface area contributed by atoms with Gasteiger partial charge in [0.1, 0.15) is 0 Å². The van der Waals surface area contributed by atoms with Crippen molar-refractivity contribution in [3.63, 3.8) is 0 Å². The Morgan fingerprint density at radius 3 is 2.69 bits per heavy atom. The smallest absolute Gasteiger partial charge is 0.153 e. The first-order valence-electron chi connectivity index (χ1n) is 8.92. The van der Waals surface area contributed by atoms with Crippen molar-refractivity contribution >= 4 is 23.1 Å². The van der Waals surface area contributed by atoms with Crippen LogP contribution >= 0.6 is 0 Å². The van der Waals surface area contributed by atoms with Crippen molar-refractivity contribution in [2.75, 3.05) is 23.7 Å². The molecule has 0 unspecified atom stereocenters. The maximum absolute atomic E-state index is 4.57. The molecule has 1 aliphatic heterocycles. The number of anilines is 4. The Morgan fingerprint density at radius 1 is 1.08 bits per heavy atom. The third-order valence-corrected chi connectivity index (χ3v) is 4.61. The molecule has 3 aromatic rings. The highest BCUT2D eigenvalue weighted by Crippen LogP contribution is 2.24. The molecule has 0 bridgehead atoms. The molecule has 0 radical (unpaired) electrons. The Labute approximate surface area is 152 Å². The van der Waals surface area contributed by atoms with E-state index in [4.69, 9.17) is 0 Å². The monoisotopic (exact) mass is 349 g/mol. The van der Waals surface area contributed by atoms with Crippen LogP contribution in [0.4, 0.5) is 23.1 Å². The van der Waals surface area contributed by atoms with Crippen LogP contribution in [0, 0.1) is 6.92 Å². The Balaban J connectivity index is 1.50. The molecule has 26 heavy (non-hydrogen) atoms. The minimum atomic E-state index is 0.650. The molecule has 0 atom stereocenters. The molecule has 0 spiro atoms. The predicted molar refractivity (Wildman–Crippen MR) is 103 cm³/mol. The lowest BCUT2D eigenvalue weighted by Crippen LogP contribution is -2.30. The predicted octanol–water partition coefficient (Wildman–Crippen LogP) is 3.37. The summed E-state index contributed by atoms with van der Waals surface area (Å²) in [5, 5.41) is 13.6. The number of rotatable bonds is 5. The van der Waals surface area contributed by atoms with Gasteiger partial charge in [0.2, 0.25) is 0 Å². The van der Waals surface area contributed by atoms with Gasteiger partial charge in [-0.25, -0.2) is 4.98 Å². The second-order valence-electron chi connectivity index (χ2n) is 6.58. The number of likely N-dealkylation sites (N-methyl/N-ethyl adjacent to an activating group) is 1. The summed E-state index contributed by atoms with van der Waals surface area (Å²) in [5.41, 5.74) is 4.85. The van der Waals surface area contributed by atoms with Crippen molar-refractivity contribution in [3.05, 3.63) is 53.5 Å². The van der Waals surface area contributed by atoms with Crippen LogP contribution in [0.1, 0.15) is 23.7 Å². The van der Waals surface area contributed by atoms with Crippen molar-refractivity contribution < 1.29 is 0 Å². The summed E-state index contributed by atoms with van der Waals surface area (Å²) in [7, 11) is 0. The Hall–Kier alpha value is -2.93. The van der Waals surface area contributed by atoms with Crippen LogP contribution in [-0.4, -0.2) is 38.2 Å². The van der Waals surface area contributed by atoms with E-state index in [1.165, 1.54) is 11.1 Å². The van der Waals surface area contributed by atoms with Crippen molar-refractivity contribution in [2.24, 2.45) is 0 Å². The van der Waals surface area contributed by atoms with Crippen molar-refractivity contribution in [1.82, 2.24) is 25.1 Å². The number of benzene rings is 1. The van der Waals surface area contributed by atoms with Crippen LogP contribution in [0.5, 0.6) is 0 Å². The Morgan fingerprint density at radius 2 is 1.92 bits per heavy atom. The summed E-state index contributed by atoms with van der Waals surface area (Å²) in [6.07, 6.45) is 4.52. The zero-order valence-corrected chi connectivity index (χ0v) is 15.1. The zero-order valence-electron chi connectivity index (χ0n) is 15.1. The van der Waals surface area contributed by atoms with Gasteiger partial charge in [-0.05, 0) is 43.1 Å². The van der Waals surface area contributed by atoms with E-state index in [1.54, 1.807) is 12.4 Å². The highest BCUT2D eigenvalue weighted by atomic mass is 15.2. The van der Waals surface area contributed by atoms with E-state index in [2.05, 4.69) is 60.8 Å². The maximum atomic E-state index is 4.57. The van der Waals surface area contributed by atoms with E-state index in [9.17, 15) is 0 Å². The fourth-order valence-corrected chi connectivity index (χ4v) is 3.21. The van der Waals surface area contributed by atoms with Crippen LogP contribution in [0.3, 0.4) is 0 Å². The van der Waals surface area contributed by atoms with Gasteiger partial charge < -0.3 is 10.6 Å². The first-order valence-corrected chi connectivity index (χ1v) is 8.92. The van der Waals surface area contributed by atoms with E-state index < -0.39 is 0 Å². The Kier molecular flexibility index (Phi) is 4.53. The molecule has 0 saturated carbocycles. The molecule has 1 aromatic carbocycles. The molecular weight excluding hydrogens is 326 g/mol. The topological polar surface area (TPSA) is 81.8 Å². The summed E-state index contributed by atoms with van der Waals surface area (Å²) in [6, 6.07) is 8.47. The summed E-state index contributed by atoms with van der Waals surface area (Å²) in [4.78, 5) is 11.3. The molecule has 0 fully saturated rings. The second kappa shape index (κ2) is 7.13. The molecule has 0 saturated heterocycles. The van der Waals surface area contributed by atoms with Gasteiger partial charge in [-0.15, -0.1) is 0 Å². The molecule has 7 nitrogen and oxygen atoms in total. The van der Waals surface area contributed by atoms with E-state index in [0.717, 1.165) is 43.3 Å². The van der Waals surface area contributed by atoms with Crippen LogP contribution in [0.15, 0.2) is 36.7 Å². The quantitative estimate of drug-likeness (QED) is 0.655. The van der Waals surface area contributed by atoms with Crippen LogP contribution in [-0.2, 0) is 13.0 Å². The number of aryl methyl sites for hydroxylation is 1. The minimum absolute atomic E-state index is 0.650. The molecule has 0 amide bonds. The number of hydrogen-bond donors (Lipinski definition) is 3. The Bertz CT molecular complexity index is 902. The van der Waals surface area contributed by atoms with Crippen molar-refractivity contribution in [3.8, 4) is 0 Å². The average molecular weight is 349 g/mol. The van der Waals surface area contributed by atoms with E-state index in [1.807, 2.05) is 13.0 Å². The van der Waals surface area contributed by atoms with Gasteiger partial charge in [0, 0.05) is 30.5 Å². The van der Waals surface area contributed by atoms with Crippen molar-refractivity contribution in [2.45, 2.75) is 26.8 Å². The summed E-state index contributed by atoms with van der Waals surface area (Å²) in [5.74, 6) is 2.07. The lowest BCUT2D eigenvalue weighted by atomic mass is 9.99. The van der Waals surface area contributed by atoms with Gasteiger partial charge in [0.15, 0.2) is 17.5 Å². The number of H-pyrrole nitrogens is 1. The van der Waals surface area contributed by atoms with E-state index in [0.29, 0.717) is 11.6 Å². The van der Waals surface area contributed by atoms with Crippen LogP contribution < -0.4 is 10.6 Å². The number of hydrogen-bond acceptors (Lipinski definition) is 6. The molecule has 3 N–H and O–H groups in total. The number of nitrogens with one attached hydrogen (secondary N) is 3. The zero-order chi connectivity index (χ0) is 17.9. The molecule has 2 aromatic heterocycles. The number of aromatic nitrogens is 4. The second-order valence-corrected chi connectivity index (χ2v) is 6.58. The minimum Gasteiger partial charge on any atom is -0.339 e. The van der Waals surface area contributed by atoms with Crippen molar-refractivity contribution in [1.29, 1.82) is 0 Å². The number of nitrogens with zero attached hydrogens (tertiary/aromatic N) is 4. The number of aromatic amines is 1. The highest BCUT2D eigenvalue weighted by Gasteiger charge is 2.15. The van der Waals surface area contributed by atoms with Gasteiger partial charge in [-0.1, -0.05) is 13.0 Å². The van der Waals surface area contributed by atoms with Gasteiger partial charge >= 0.3 is 0 Å². The molecule has 3 heterocycles. The standard InChI is InChI=1S/C19H23N7/c1-3-26-7-6-14-4-5-16(9-15(14)12-26)21-18-10-20-11-19(23-18)22-17-8-13(2)24-25-17/h4-5,8-11H,3,6-7,12H2,1-2H3,(H3,21,22,23,24,25). The first kappa shape index (κ1) is 16.5. The van der Waals surface area contributed by atoms with Gasteiger partial charge in [0.05, 0.1) is 12.4 Å². The largest absolute Gasteiger partial charge is 0.339 e. The molecule has 134 valence electrons. The SMILES string of the molecule is CCN1CCc2ccc(Nc3cncc(Nc4cc(C)[nH]n4)n3)cc2C1. The van der Waals surface area contributed by atoms with E-state index in [-0.39, 0.29) is 0 Å². The number of fused-ring (bicyclic) bond motifs is 1. The molecule has 4 rings (SSSR count). The van der Waals surface area contributed by atoms with Gasteiger partial charge in [-0.2, -0.15) is 5.10 Å². The fourth-order valence-electron chi connectivity index (χ4n) is 3.21. The molecule has 1 aliphatic rings. The summed E-state index contributed by atoms with van der Waals surface area (Å²) >= 11 is 0. The fraction of sp³-hybridized carbons (Fsp3) is 0.316. The van der Waals surface area contributed by atoms with E-state index >= 15 is 0 Å². The van der Waals surface area contributed by atoms with Crippen LogP contribution in [0.2, 0.25) is 0 Å². The summed E-state index contributed by atoms with van der Waals surface area (Å²) < 4.78 is 0. The lowest BCUT2D eigenvalue weighted by Gasteiger charge is -2.27.